The Hall–Kier alpha value is -2.51. The zero-order chi connectivity index (χ0) is 10.3. The molecule has 0 amide bonds. The Kier molecular flexibility index (Phi) is 1.43. The van der Waals surface area contributed by atoms with Gasteiger partial charge in [-0.15, -0.1) is 10.2 Å². The van der Waals surface area contributed by atoms with E-state index in [1.165, 1.54) is 9.20 Å². The van der Waals surface area contributed by atoms with E-state index < -0.39 is 0 Å². The topological polar surface area (TPSA) is 93.8 Å². The summed E-state index contributed by atoms with van der Waals surface area (Å²) in [5, 5.41) is 17.6. The Labute approximate surface area is 82.2 Å². The third-order valence-electron chi connectivity index (χ3n) is 1.94. The van der Waals surface area contributed by atoms with Gasteiger partial charge in [-0.2, -0.15) is 9.61 Å². The smallest absolute Gasteiger partial charge is 0.273 e. The van der Waals surface area contributed by atoms with Gasteiger partial charge in [0.2, 0.25) is 0 Å². The predicted octanol–water partition coefficient (Wildman–Crippen LogP) is -1.00. The number of hydrogen-bond donors (Lipinski definition) is 1. The minimum atomic E-state index is -0.272. The highest BCUT2D eigenvalue weighted by atomic mass is 16.1. The molecule has 0 unspecified atom stereocenters. The second-order valence-corrected chi connectivity index (χ2v) is 2.87. The van der Waals surface area contributed by atoms with E-state index >= 15 is 0 Å². The summed E-state index contributed by atoms with van der Waals surface area (Å²) in [6.45, 7) is 0. The van der Waals surface area contributed by atoms with Crippen LogP contribution in [0, 0.1) is 0 Å². The number of nitrogens with one attached hydrogen (secondary N) is 1. The molecule has 3 aromatic rings. The average molecular weight is 203 g/mol. The van der Waals surface area contributed by atoms with Gasteiger partial charge in [0.05, 0.1) is 12.4 Å². The maximum atomic E-state index is 11.3. The molecule has 0 aliphatic carbocycles. The largest absolute Gasteiger partial charge is 0.291 e. The molecule has 3 rings (SSSR count). The van der Waals surface area contributed by atoms with Gasteiger partial charge in [-0.05, 0) is 0 Å². The molecule has 3 heterocycles. The number of rotatable bonds is 1. The van der Waals surface area contributed by atoms with Crippen molar-refractivity contribution >= 4 is 5.65 Å². The number of H-pyrrole nitrogens is 1. The van der Waals surface area contributed by atoms with E-state index in [-0.39, 0.29) is 5.56 Å². The van der Waals surface area contributed by atoms with E-state index in [2.05, 4.69) is 25.6 Å². The van der Waals surface area contributed by atoms with Crippen molar-refractivity contribution in [1.82, 2.24) is 34.8 Å². The summed E-state index contributed by atoms with van der Waals surface area (Å²) < 4.78 is 2.78. The molecule has 1 N–H and O–H groups in total. The molecule has 0 atom stereocenters. The van der Waals surface area contributed by atoms with E-state index in [0.717, 1.165) is 6.20 Å². The van der Waals surface area contributed by atoms with Crippen LogP contribution >= 0.6 is 0 Å². The molecule has 8 nitrogen and oxygen atoms in total. The van der Waals surface area contributed by atoms with Gasteiger partial charge >= 0.3 is 0 Å². The summed E-state index contributed by atoms with van der Waals surface area (Å²) in [5.74, 6) is 0.602. The minimum Gasteiger partial charge on any atom is -0.273 e. The Bertz CT molecular complexity index is 649. The second-order valence-electron chi connectivity index (χ2n) is 2.87. The van der Waals surface area contributed by atoms with Crippen molar-refractivity contribution in [3.05, 3.63) is 35.0 Å². The summed E-state index contributed by atoms with van der Waals surface area (Å²) >= 11 is 0. The lowest BCUT2D eigenvalue weighted by molar-refractivity contribution is 0.755. The molecule has 74 valence electrons. The van der Waals surface area contributed by atoms with E-state index in [0.29, 0.717) is 11.5 Å². The first-order valence-corrected chi connectivity index (χ1v) is 4.15. The SMILES string of the molecule is O=c1cnnc2cc(-n3ccnn3)[nH]n12. The van der Waals surface area contributed by atoms with E-state index in [1.54, 1.807) is 18.5 Å². The van der Waals surface area contributed by atoms with Crippen LogP contribution in [0.1, 0.15) is 0 Å². The highest BCUT2D eigenvalue weighted by Crippen LogP contribution is 2.03. The van der Waals surface area contributed by atoms with Gasteiger partial charge in [0.15, 0.2) is 11.5 Å². The molecular weight excluding hydrogens is 198 g/mol. The molecule has 3 aromatic heterocycles. The average Bonchev–Trinajstić information content (AvgIpc) is 2.86. The molecule has 0 aromatic carbocycles. The van der Waals surface area contributed by atoms with Crippen LogP contribution in [0.4, 0.5) is 0 Å². The summed E-state index contributed by atoms with van der Waals surface area (Å²) in [5.41, 5.74) is 0.166. The summed E-state index contributed by atoms with van der Waals surface area (Å²) in [4.78, 5) is 11.3. The first kappa shape index (κ1) is 7.85. The zero-order valence-electron chi connectivity index (χ0n) is 7.40. The molecule has 0 aliphatic rings. The third-order valence-corrected chi connectivity index (χ3v) is 1.94. The molecule has 0 spiro atoms. The van der Waals surface area contributed by atoms with Gasteiger partial charge in [-0.3, -0.25) is 9.89 Å². The zero-order valence-corrected chi connectivity index (χ0v) is 7.40. The lowest BCUT2D eigenvalue weighted by Crippen LogP contribution is -2.14. The maximum absolute atomic E-state index is 11.3. The van der Waals surface area contributed by atoms with Gasteiger partial charge in [0, 0.05) is 6.07 Å². The monoisotopic (exact) mass is 203 g/mol. The summed E-state index contributed by atoms with van der Waals surface area (Å²) in [7, 11) is 0. The summed E-state index contributed by atoms with van der Waals surface area (Å²) in [6.07, 6.45) is 4.33. The number of nitrogens with zero attached hydrogens (tertiary/aromatic N) is 6. The molecule has 0 bridgehead atoms. The van der Waals surface area contributed by atoms with Gasteiger partial charge in [-0.1, -0.05) is 5.21 Å². The fourth-order valence-corrected chi connectivity index (χ4v) is 1.28. The molecular formula is C7H5N7O. The Morgan fingerprint density at radius 3 is 3.00 bits per heavy atom. The van der Waals surface area contributed by atoms with Crippen molar-refractivity contribution in [1.29, 1.82) is 0 Å². The van der Waals surface area contributed by atoms with Crippen molar-refractivity contribution in [2.75, 3.05) is 0 Å². The summed E-state index contributed by atoms with van der Waals surface area (Å²) in [6, 6.07) is 1.66. The van der Waals surface area contributed by atoms with Crippen molar-refractivity contribution in [2.24, 2.45) is 0 Å². The van der Waals surface area contributed by atoms with Crippen LogP contribution in [0.5, 0.6) is 0 Å². The van der Waals surface area contributed by atoms with Crippen LogP contribution in [0.2, 0.25) is 0 Å². The van der Waals surface area contributed by atoms with E-state index in [1.807, 2.05) is 0 Å². The lowest BCUT2D eigenvalue weighted by atomic mass is 10.6. The van der Waals surface area contributed by atoms with Crippen molar-refractivity contribution in [3.8, 4) is 5.82 Å². The van der Waals surface area contributed by atoms with Gasteiger partial charge in [0.1, 0.15) is 6.20 Å². The van der Waals surface area contributed by atoms with Crippen LogP contribution in [-0.2, 0) is 0 Å². The number of hydrogen-bond acceptors (Lipinski definition) is 5. The molecule has 15 heavy (non-hydrogen) atoms. The standard InChI is InChI=1S/C7H5N7O/c15-7-4-9-10-5-3-6(11-14(5)7)13-2-1-8-12-13/h1-4,11H. The molecule has 8 heteroatoms. The van der Waals surface area contributed by atoms with Crippen LogP contribution in [-0.4, -0.2) is 34.8 Å². The lowest BCUT2D eigenvalue weighted by Gasteiger charge is -1.91. The Balaban J connectivity index is 2.32. The Morgan fingerprint density at radius 2 is 2.27 bits per heavy atom. The number of aromatic amines is 1. The van der Waals surface area contributed by atoms with Crippen molar-refractivity contribution < 1.29 is 0 Å². The Morgan fingerprint density at radius 1 is 1.33 bits per heavy atom. The van der Waals surface area contributed by atoms with Crippen LogP contribution in [0.3, 0.4) is 0 Å². The highest BCUT2D eigenvalue weighted by Gasteiger charge is 2.04. The van der Waals surface area contributed by atoms with E-state index in [4.69, 9.17) is 0 Å². The third kappa shape index (κ3) is 1.11. The van der Waals surface area contributed by atoms with Gasteiger partial charge in [0.25, 0.3) is 5.56 Å². The molecule has 0 radical (unpaired) electrons. The van der Waals surface area contributed by atoms with E-state index in [9.17, 15) is 4.79 Å². The first-order chi connectivity index (χ1) is 7.34. The molecule has 0 aliphatic heterocycles. The molecule has 0 fully saturated rings. The van der Waals surface area contributed by atoms with Crippen LogP contribution < -0.4 is 5.56 Å². The molecule has 0 saturated carbocycles. The first-order valence-electron chi connectivity index (χ1n) is 4.15. The predicted molar refractivity (Wildman–Crippen MR) is 48.5 cm³/mol. The minimum absolute atomic E-state index is 0.272. The maximum Gasteiger partial charge on any atom is 0.291 e. The van der Waals surface area contributed by atoms with Gasteiger partial charge < -0.3 is 0 Å². The van der Waals surface area contributed by atoms with Crippen LogP contribution in [0.15, 0.2) is 29.5 Å². The number of aromatic nitrogens is 7. The van der Waals surface area contributed by atoms with Gasteiger partial charge in [-0.25, -0.2) is 4.68 Å². The highest BCUT2D eigenvalue weighted by molar-refractivity contribution is 5.42. The number of fused-ring (bicyclic) bond motifs is 1. The molecule has 0 saturated heterocycles. The fourth-order valence-electron chi connectivity index (χ4n) is 1.28. The van der Waals surface area contributed by atoms with Crippen molar-refractivity contribution in [3.63, 3.8) is 0 Å². The fraction of sp³-hybridized carbons (Fsp3) is 0. The quantitative estimate of drug-likeness (QED) is 0.547. The normalized spacial score (nSPS) is 10.9. The van der Waals surface area contributed by atoms with Crippen LogP contribution in [0.25, 0.3) is 11.5 Å². The van der Waals surface area contributed by atoms with Crippen molar-refractivity contribution in [2.45, 2.75) is 0 Å². The second kappa shape index (κ2) is 2.74.